The largest absolute Gasteiger partial charge is 0.330 e. The SMILES string of the molecule is Cl.NCC[C@H](N)c1c2ccccc2cc2ccccc12. The first-order chi connectivity index (χ1) is 9.31. The summed E-state index contributed by atoms with van der Waals surface area (Å²) in [5.41, 5.74) is 13.3. The Morgan fingerprint density at radius 2 is 1.35 bits per heavy atom. The van der Waals surface area contributed by atoms with E-state index in [0.29, 0.717) is 6.54 Å². The molecule has 0 unspecified atom stereocenters. The quantitative estimate of drug-likeness (QED) is 0.720. The fourth-order valence-electron chi connectivity index (χ4n) is 2.77. The molecule has 4 N–H and O–H groups in total. The summed E-state index contributed by atoms with van der Waals surface area (Å²) in [6.45, 7) is 0.610. The highest BCUT2D eigenvalue weighted by Gasteiger charge is 2.13. The van der Waals surface area contributed by atoms with Crippen molar-refractivity contribution >= 4 is 34.0 Å². The van der Waals surface area contributed by atoms with Gasteiger partial charge in [-0.1, -0.05) is 48.5 Å². The van der Waals surface area contributed by atoms with E-state index >= 15 is 0 Å². The normalized spacial score (nSPS) is 12.3. The average molecular weight is 287 g/mol. The summed E-state index contributed by atoms with van der Waals surface area (Å²) in [6.07, 6.45) is 0.804. The fourth-order valence-corrected chi connectivity index (χ4v) is 2.77. The van der Waals surface area contributed by atoms with E-state index in [4.69, 9.17) is 11.5 Å². The van der Waals surface area contributed by atoms with Gasteiger partial charge in [0, 0.05) is 6.04 Å². The molecule has 0 saturated carbocycles. The predicted octanol–water partition coefficient (Wildman–Crippen LogP) is 3.76. The second-order valence-corrected chi connectivity index (χ2v) is 4.92. The van der Waals surface area contributed by atoms with Crippen molar-refractivity contribution in [1.82, 2.24) is 0 Å². The molecule has 20 heavy (non-hydrogen) atoms. The zero-order chi connectivity index (χ0) is 13.2. The van der Waals surface area contributed by atoms with Crippen LogP contribution in [-0.4, -0.2) is 6.54 Å². The molecule has 3 aromatic rings. The summed E-state index contributed by atoms with van der Waals surface area (Å²) in [4.78, 5) is 0. The van der Waals surface area contributed by atoms with Crippen molar-refractivity contribution in [1.29, 1.82) is 0 Å². The Labute approximate surface area is 125 Å². The summed E-state index contributed by atoms with van der Waals surface area (Å²) in [7, 11) is 0. The summed E-state index contributed by atoms with van der Waals surface area (Å²) in [5.74, 6) is 0. The molecule has 3 heteroatoms. The number of rotatable bonds is 3. The lowest BCUT2D eigenvalue weighted by atomic mass is 9.91. The van der Waals surface area contributed by atoms with Gasteiger partial charge in [0.25, 0.3) is 0 Å². The third kappa shape index (κ3) is 2.50. The molecule has 0 aliphatic rings. The van der Waals surface area contributed by atoms with Crippen molar-refractivity contribution < 1.29 is 0 Å². The minimum Gasteiger partial charge on any atom is -0.330 e. The van der Waals surface area contributed by atoms with Gasteiger partial charge in [-0.3, -0.25) is 0 Å². The first kappa shape index (κ1) is 14.8. The monoisotopic (exact) mass is 286 g/mol. The third-order valence-electron chi connectivity index (χ3n) is 3.66. The molecule has 0 aliphatic carbocycles. The van der Waals surface area contributed by atoms with Gasteiger partial charge in [0.1, 0.15) is 0 Å². The first-order valence-electron chi connectivity index (χ1n) is 6.67. The molecule has 0 fully saturated rings. The standard InChI is InChI=1S/C17H18N2.ClH/c18-10-9-16(19)17-14-7-3-1-5-12(14)11-13-6-2-4-8-15(13)17;/h1-8,11,16H,9-10,18-19H2;1H/t16-;/m0./s1. The lowest BCUT2D eigenvalue weighted by Crippen LogP contribution is -2.16. The number of halogens is 1. The van der Waals surface area contributed by atoms with E-state index in [1.807, 2.05) is 0 Å². The Morgan fingerprint density at radius 1 is 0.850 bits per heavy atom. The molecule has 3 aromatic carbocycles. The molecule has 0 bridgehead atoms. The third-order valence-corrected chi connectivity index (χ3v) is 3.66. The zero-order valence-corrected chi connectivity index (χ0v) is 12.1. The highest BCUT2D eigenvalue weighted by atomic mass is 35.5. The van der Waals surface area contributed by atoms with Gasteiger partial charge < -0.3 is 11.5 Å². The molecule has 0 heterocycles. The van der Waals surface area contributed by atoms with Crippen LogP contribution in [0.15, 0.2) is 54.6 Å². The maximum atomic E-state index is 6.36. The Kier molecular flexibility index (Phi) is 4.61. The summed E-state index contributed by atoms with van der Waals surface area (Å²) >= 11 is 0. The summed E-state index contributed by atoms with van der Waals surface area (Å²) in [5, 5.41) is 4.96. The Morgan fingerprint density at radius 3 is 1.85 bits per heavy atom. The Hall–Kier alpha value is -1.61. The second kappa shape index (κ2) is 6.23. The van der Waals surface area contributed by atoms with Gasteiger partial charge in [0.15, 0.2) is 0 Å². The maximum absolute atomic E-state index is 6.36. The predicted molar refractivity (Wildman–Crippen MR) is 89.3 cm³/mol. The molecule has 1 atom stereocenters. The van der Waals surface area contributed by atoms with Gasteiger partial charge >= 0.3 is 0 Å². The van der Waals surface area contributed by atoms with Gasteiger partial charge in [-0.2, -0.15) is 0 Å². The molecule has 3 rings (SSSR count). The summed E-state index contributed by atoms with van der Waals surface area (Å²) in [6, 6.07) is 19.0. The van der Waals surface area contributed by atoms with E-state index in [1.54, 1.807) is 0 Å². The van der Waals surface area contributed by atoms with Crippen LogP contribution in [0.2, 0.25) is 0 Å². The highest BCUT2D eigenvalue weighted by molar-refractivity contribution is 6.02. The molecular weight excluding hydrogens is 268 g/mol. The minimum absolute atomic E-state index is 0. The maximum Gasteiger partial charge on any atom is 0.0319 e. The van der Waals surface area contributed by atoms with E-state index in [9.17, 15) is 0 Å². The smallest absolute Gasteiger partial charge is 0.0319 e. The second-order valence-electron chi connectivity index (χ2n) is 4.92. The van der Waals surface area contributed by atoms with Crippen LogP contribution in [0.4, 0.5) is 0 Å². The van der Waals surface area contributed by atoms with Gasteiger partial charge in [-0.25, -0.2) is 0 Å². The van der Waals surface area contributed by atoms with E-state index in [1.165, 1.54) is 27.1 Å². The van der Waals surface area contributed by atoms with Crippen LogP contribution < -0.4 is 11.5 Å². The number of hydrogen-bond donors (Lipinski definition) is 2. The molecule has 0 aromatic heterocycles. The number of hydrogen-bond acceptors (Lipinski definition) is 2. The zero-order valence-electron chi connectivity index (χ0n) is 11.3. The number of fused-ring (bicyclic) bond motifs is 2. The molecule has 2 nitrogen and oxygen atoms in total. The van der Waals surface area contributed by atoms with Gasteiger partial charge in [0.05, 0.1) is 0 Å². The van der Waals surface area contributed by atoms with Gasteiger partial charge in [0.2, 0.25) is 0 Å². The number of benzene rings is 3. The van der Waals surface area contributed by atoms with Crippen molar-refractivity contribution in [2.45, 2.75) is 12.5 Å². The minimum atomic E-state index is -0.0130. The molecular formula is C17H19ClN2. The van der Waals surface area contributed by atoms with Gasteiger partial charge in [-0.15, -0.1) is 12.4 Å². The highest BCUT2D eigenvalue weighted by Crippen LogP contribution is 2.32. The molecule has 0 spiro atoms. The molecule has 0 aliphatic heterocycles. The van der Waals surface area contributed by atoms with Crippen LogP contribution in [0.5, 0.6) is 0 Å². The van der Waals surface area contributed by atoms with Crippen LogP contribution in [-0.2, 0) is 0 Å². The van der Waals surface area contributed by atoms with Crippen molar-refractivity contribution in [3.05, 3.63) is 60.2 Å². The van der Waals surface area contributed by atoms with E-state index in [0.717, 1.165) is 6.42 Å². The molecule has 0 amide bonds. The lowest BCUT2D eigenvalue weighted by molar-refractivity contribution is 0.670. The van der Waals surface area contributed by atoms with E-state index in [-0.39, 0.29) is 18.4 Å². The van der Waals surface area contributed by atoms with Crippen molar-refractivity contribution in [2.24, 2.45) is 11.5 Å². The van der Waals surface area contributed by atoms with Crippen LogP contribution in [0.3, 0.4) is 0 Å². The Bertz CT molecular complexity index is 670. The van der Waals surface area contributed by atoms with Crippen molar-refractivity contribution in [3.8, 4) is 0 Å². The average Bonchev–Trinajstić information content (AvgIpc) is 2.44. The summed E-state index contributed by atoms with van der Waals surface area (Å²) < 4.78 is 0. The molecule has 104 valence electrons. The Balaban J connectivity index is 0.00000147. The van der Waals surface area contributed by atoms with Crippen LogP contribution in [0, 0.1) is 0 Å². The van der Waals surface area contributed by atoms with Crippen molar-refractivity contribution in [2.75, 3.05) is 6.54 Å². The topological polar surface area (TPSA) is 52.0 Å². The molecule has 0 radical (unpaired) electrons. The molecule has 0 saturated heterocycles. The van der Waals surface area contributed by atoms with Crippen LogP contribution in [0.1, 0.15) is 18.0 Å². The van der Waals surface area contributed by atoms with Crippen LogP contribution >= 0.6 is 12.4 Å². The van der Waals surface area contributed by atoms with E-state index in [2.05, 4.69) is 54.6 Å². The van der Waals surface area contributed by atoms with Gasteiger partial charge in [-0.05, 0) is 46.1 Å². The first-order valence-corrected chi connectivity index (χ1v) is 6.67. The lowest BCUT2D eigenvalue weighted by Gasteiger charge is -2.17. The van der Waals surface area contributed by atoms with Crippen molar-refractivity contribution in [3.63, 3.8) is 0 Å². The van der Waals surface area contributed by atoms with Crippen LogP contribution in [0.25, 0.3) is 21.5 Å². The fraction of sp³-hybridized carbons (Fsp3) is 0.176. The number of nitrogens with two attached hydrogens (primary N) is 2. The van der Waals surface area contributed by atoms with E-state index < -0.39 is 0 Å².